The molecule has 0 aromatic heterocycles. The Morgan fingerprint density at radius 3 is 2.58 bits per heavy atom. The van der Waals surface area contributed by atoms with Crippen LogP contribution in [0.25, 0.3) is 0 Å². The molecule has 0 bridgehead atoms. The smallest absolute Gasteiger partial charge is 0.0204 e. The maximum Gasteiger partial charge on any atom is 0.0204 e. The molecule has 1 aliphatic rings. The van der Waals surface area contributed by atoms with Crippen LogP contribution in [0.1, 0.15) is 33.6 Å². The normalized spacial score (nSPS) is 26.5. The molecule has 1 rings (SSSR count). The van der Waals surface area contributed by atoms with E-state index in [0.29, 0.717) is 5.54 Å². The van der Waals surface area contributed by atoms with Gasteiger partial charge in [-0.05, 0) is 33.7 Å². The molecule has 0 amide bonds. The largest absolute Gasteiger partial charge is 0.316 e. The van der Waals surface area contributed by atoms with Gasteiger partial charge in [0.2, 0.25) is 0 Å². The number of hydrogen-bond donors (Lipinski definition) is 1. The van der Waals surface area contributed by atoms with Gasteiger partial charge in [-0.25, -0.2) is 0 Å². The Balaban J connectivity index is 2.46. The van der Waals surface area contributed by atoms with Gasteiger partial charge in [-0.2, -0.15) is 0 Å². The molecular weight excluding hydrogens is 148 g/mol. The maximum atomic E-state index is 3.35. The van der Waals surface area contributed by atoms with Crippen molar-refractivity contribution in [1.82, 2.24) is 10.2 Å². The van der Waals surface area contributed by atoms with Crippen LogP contribution in [-0.4, -0.2) is 36.6 Å². The topological polar surface area (TPSA) is 15.3 Å². The summed E-state index contributed by atoms with van der Waals surface area (Å²) in [5.74, 6) is 0. The molecule has 1 fully saturated rings. The van der Waals surface area contributed by atoms with Crippen molar-refractivity contribution in [3.8, 4) is 0 Å². The van der Waals surface area contributed by atoms with Gasteiger partial charge in [0.05, 0.1) is 0 Å². The van der Waals surface area contributed by atoms with E-state index in [9.17, 15) is 0 Å². The van der Waals surface area contributed by atoms with E-state index < -0.39 is 0 Å². The molecule has 0 aromatic rings. The summed E-state index contributed by atoms with van der Waals surface area (Å²) >= 11 is 0. The third-order valence-electron chi connectivity index (χ3n) is 3.32. The SMILES string of the molecule is CCC(C)(C)N1CCC(NC)C1. The number of nitrogens with zero attached hydrogens (tertiary/aromatic N) is 1. The first-order valence-corrected chi connectivity index (χ1v) is 5.02. The van der Waals surface area contributed by atoms with E-state index in [1.165, 1.54) is 25.9 Å². The van der Waals surface area contributed by atoms with Crippen LogP contribution in [-0.2, 0) is 0 Å². The first kappa shape index (κ1) is 10.0. The Bertz CT molecular complexity index is 143. The summed E-state index contributed by atoms with van der Waals surface area (Å²) in [4.78, 5) is 2.59. The highest BCUT2D eigenvalue weighted by atomic mass is 15.2. The number of likely N-dealkylation sites (tertiary alicyclic amines) is 1. The van der Waals surface area contributed by atoms with Crippen LogP contribution in [0.15, 0.2) is 0 Å². The fourth-order valence-corrected chi connectivity index (χ4v) is 1.77. The zero-order valence-corrected chi connectivity index (χ0v) is 8.85. The fourth-order valence-electron chi connectivity index (χ4n) is 1.77. The van der Waals surface area contributed by atoms with Crippen LogP contribution in [0.3, 0.4) is 0 Å². The molecule has 0 aromatic carbocycles. The van der Waals surface area contributed by atoms with Crippen molar-refractivity contribution in [2.24, 2.45) is 0 Å². The van der Waals surface area contributed by atoms with Gasteiger partial charge in [-0.3, -0.25) is 4.90 Å². The Labute approximate surface area is 76.3 Å². The Hall–Kier alpha value is -0.0800. The van der Waals surface area contributed by atoms with Crippen molar-refractivity contribution in [3.05, 3.63) is 0 Å². The minimum Gasteiger partial charge on any atom is -0.316 e. The van der Waals surface area contributed by atoms with Crippen LogP contribution in [0.5, 0.6) is 0 Å². The molecule has 12 heavy (non-hydrogen) atoms. The predicted octanol–water partition coefficient (Wildman–Crippen LogP) is 1.47. The van der Waals surface area contributed by atoms with E-state index in [2.05, 4.69) is 38.0 Å². The van der Waals surface area contributed by atoms with Crippen molar-refractivity contribution in [3.63, 3.8) is 0 Å². The second-order valence-electron chi connectivity index (χ2n) is 4.39. The second-order valence-corrected chi connectivity index (χ2v) is 4.39. The van der Waals surface area contributed by atoms with Gasteiger partial charge in [0, 0.05) is 24.7 Å². The lowest BCUT2D eigenvalue weighted by Gasteiger charge is -2.34. The molecule has 1 N–H and O–H groups in total. The van der Waals surface area contributed by atoms with E-state index in [0.717, 1.165) is 6.04 Å². The van der Waals surface area contributed by atoms with E-state index in [-0.39, 0.29) is 0 Å². The van der Waals surface area contributed by atoms with Crippen molar-refractivity contribution in [1.29, 1.82) is 0 Å². The Morgan fingerprint density at radius 1 is 1.50 bits per heavy atom. The molecule has 1 heterocycles. The number of likely N-dealkylation sites (N-methyl/N-ethyl adjacent to an activating group) is 1. The first-order valence-electron chi connectivity index (χ1n) is 5.02. The van der Waals surface area contributed by atoms with Crippen LogP contribution < -0.4 is 5.32 Å². The van der Waals surface area contributed by atoms with Crippen molar-refractivity contribution in [2.75, 3.05) is 20.1 Å². The van der Waals surface area contributed by atoms with Gasteiger partial charge in [-0.1, -0.05) is 6.92 Å². The molecule has 72 valence electrons. The van der Waals surface area contributed by atoms with Gasteiger partial charge in [0.25, 0.3) is 0 Å². The maximum absolute atomic E-state index is 3.35. The van der Waals surface area contributed by atoms with Crippen LogP contribution in [0, 0.1) is 0 Å². The average Bonchev–Trinajstić information content (AvgIpc) is 2.52. The lowest BCUT2D eigenvalue weighted by atomic mass is 10.0. The van der Waals surface area contributed by atoms with Gasteiger partial charge >= 0.3 is 0 Å². The molecule has 1 atom stereocenters. The minimum atomic E-state index is 0.394. The minimum absolute atomic E-state index is 0.394. The standard InChI is InChI=1S/C10H22N2/c1-5-10(2,3)12-7-6-9(8-12)11-4/h9,11H,5-8H2,1-4H3. The zero-order valence-electron chi connectivity index (χ0n) is 8.85. The summed E-state index contributed by atoms with van der Waals surface area (Å²) in [5, 5.41) is 3.35. The number of nitrogens with one attached hydrogen (secondary N) is 1. The lowest BCUT2D eigenvalue weighted by molar-refractivity contribution is 0.147. The third kappa shape index (κ3) is 1.99. The monoisotopic (exact) mass is 170 g/mol. The van der Waals surface area contributed by atoms with Gasteiger partial charge < -0.3 is 5.32 Å². The van der Waals surface area contributed by atoms with Crippen molar-refractivity contribution < 1.29 is 0 Å². The quantitative estimate of drug-likeness (QED) is 0.690. The van der Waals surface area contributed by atoms with Crippen LogP contribution >= 0.6 is 0 Å². The highest BCUT2D eigenvalue weighted by Gasteiger charge is 2.31. The van der Waals surface area contributed by atoms with Gasteiger partial charge in [0.1, 0.15) is 0 Å². The summed E-state index contributed by atoms with van der Waals surface area (Å²) in [6, 6.07) is 0.718. The Kier molecular flexibility index (Phi) is 3.13. The van der Waals surface area contributed by atoms with Crippen LogP contribution in [0.4, 0.5) is 0 Å². The molecule has 2 heteroatoms. The van der Waals surface area contributed by atoms with E-state index >= 15 is 0 Å². The van der Waals surface area contributed by atoms with E-state index in [1.54, 1.807) is 0 Å². The summed E-state index contributed by atoms with van der Waals surface area (Å²) in [6.07, 6.45) is 2.55. The Morgan fingerprint density at radius 2 is 2.17 bits per heavy atom. The molecule has 0 aliphatic carbocycles. The van der Waals surface area contributed by atoms with Gasteiger partial charge in [0.15, 0.2) is 0 Å². The fraction of sp³-hybridized carbons (Fsp3) is 1.00. The molecule has 1 unspecified atom stereocenters. The lowest BCUT2D eigenvalue weighted by Crippen LogP contribution is -2.43. The molecular formula is C10H22N2. The van der Waals surface area contributed by atoms with Crippen molar-refractivity contribution in [2.45, 2.75) is 45.2 Å². The highest BCUT2D eigenvalue weighted by Crippen LogP contribution is 2.23. The van der Waals surface area contributed by atoms with E-state index in [4.69, 9.17) is 0 Å². The predicted molar refractivity (Wildman–Crippen MR) is 53.4 cm³/mol. The highest BCUT2D eigenvalue weighted by molar-refractivity contribution is 4.89. The molecule has 1 saturated heterocycles. The van der Waals surface area contributed by atoms with Crippen molar-refractivity contribution >= 4 is 0 Å². The van der Waals surface area contributed by atoms with Gasteiger partial charge in [-0.15, -0.1) is 0 Å². The van der Waals surface area contributed by atoms with Crippen LogP contribution in [0.2, 0.25) is 0 Å². The summed E-state index contributed by atoms with van der Waals surface area (Å²) < 4.78 is 0. The third-order valence-corrected chi connectivity index (χ3v) is 3.32. The van der Waals surface area contributed by atoms with E-state index in [1.807, 2.05) is 0 Å². The summed E-state index contributed by atoms with van der Waals surface area (Å²) in [5.41, 5.74) is 0.394. The second kappa shape index (κ2) is 3.75. The average molecular weight is 170 g/mol. The number of hydrogen-bond acceptors (Lipinski definition) is 2. The summed E-state index contributed by atoms with van der Waals surface area (Å²) in [7, 11) is 2.06. The molecule has 1 aliphatic heterocycles. The molecule has 0 radical (unpaired) electrons. The zero-order chi connectivity index (χ0) is 9.19. The molecule has 0 saturated carbocycles. The molecule has 0 spiro atoms. The summed E-state index contributed by atoms with van der Waals surface area (Å²) in [6.45, 7) is 9.42. The number of rotatable bonds is 3. The molecule has 2 nitrogen and oxygen atoms in total. The first-order chi connectivity index (χ1) is 5.60.